The standard InChI is InChI=1S/C13H14N2O4S/c16-13(17)9-5-7-15(8-6-9)12-10-3-1-2-4-11(10)20(18,19)14-12/h1-4,9H,5-8H2,(H,16,17). The normalized spacial score (nSPS) is 21.4. The van der Waals surface area contributed by atoms with Crippen molar-refractivity contribution in [1.29, 1.82) is 0 Å². The Morgan fingerprint density at radius 3 is 2.55 bits per heavy atom. The predicted octanol–water partition coefficient (Wildman–Crippen LogP) is 0.932. The van der Waals surface area contributed by atoms with Gasteiger partial charge in [0, 0.05) is 18.7 Å². The summed E-state index contributed by atoms with van der Waals surface area (Å²) in [5, 5.41) is 8.99. The first-order valence-electron chi connectivity index (χ1n) is 6.41. The van der Waals surface area contributed by atoms with Gasteiger partial charge in [-0.3, -0.25) is 4.79 Å². The van der Waals surface area contributed by atoms with Gasteiger partial charge < -0.3 is 10.0 Å². The molecule has 3 rings (SSSR count). The number of piperidine rings is 1. The molecular weight excluding hydrogens is 280 g/mol. The molecule has 0 aromatic heterocycles. The summed E-state index contributed by atoms with van der Waals surface area (Å²) in [7, 11) is -3.60. The zero-order valence-electron chi connectivity index (χ0n) is 10.7. The second-order valence-electron chi connectivity index (χ2n) is 4.99. The first-order chi connectivity index (χ1) is 9.49. The lowest BCUT2D eigenvalue weighted by Crippen LogP contribution is -2.40. The number of carboxylic acids is 1. The molecule has 2 aliphatic rings. The largest absolute Gasteiger partial charge is 0.481 e. The Morgan fingerprint density at radius 1 is 1.25 bits per heavy atom. The highest BCUT2D eigenvalue weighted by Crippen LogP contribution is 2.29. The fourth-order valence-electron chi connectivity index (χ4n) is 2.65. The van der Waals surface area contributed by atoms with Crippen LogP contribution < -0.4 is 0 Å². The van der Waals surface area contributed by atoms with Crippen LogP contribution in [0.1, 0.15) is 18.4 Å². The fraction of sp³-hybridized carbons (Fsp3) is 0.385. The molecule has 0 spiro atoms. The number of amidine groups is 1. The number of likely N-dealkylation sites (tertiary alicyclic amines) is 1. The van der Waals surface area contributed by atoms with Crippen molar-refractivity contribution in [2.45, 2.75) is 17.7 Å². The monoisotopic (exact) mass is 294 g/mol. The Morgan fingerprint density at radius 2 is 1.90 bits per heavy atom. The maximum absolute atomic E-state index is 12.0. The Balaban J connectivity index is 1.88. The summed E-state index contributed by atoms with van der Waals surface area (Å²) in [6, 6.07) is 6.73. The molecule has 0 bridgehead atoms. The van der Waals surface area contributed by atoms with Crippen molar-refractivity contribution in [3.63, 3.8) is 0 Å². The highest BCUT2D eigenvalue weighted by Gasteiger charge is 2.34. The van der Waals surface area contributed by atoms with Gasteiger partial charge in [0.25, 0.3) is 10.0 Å². The number of carbonyl (C=O) groups is 1. The third-order valence-electron chi connectivity index (χ3n) is 3.76. The number of hydrogen-bond donors (Lipinski definition) is 1. The van der Waals surface area contributed by atoms with E-state index >= 15 is 0 Å². The third kappa shape index (κ3) is 2.07. The molecule has 0 saturated carbocycles. The minimum Gasteiger partial charge on any atom is -0.481 e. The van der Waals surface area contributed by atoms with Crippen LogP contribution in [0.3, 0.4) is 0 Å². The van der Waals surface area contributed by atoms with Gasteiger partial charge in [-0.1, -0.05) is 12.1 Å². The van der Waals surface area contributed by atoms with Crippen LogP contribution in [-0.2, 0) is 14.8 Å². The number of hydrogen-bond acceptors (Lipinski definition) is 4. The van der Waals surface area contributed by atoms with Crippen molar-refractivity contribution in [2.75, 3.05) is 13.1 Å². The van der Waals surface area contributed by atoms with Crippen molar-refractivity contribution >= 4 is 21.8 Å². The topological polar surface area (TPSA) is 87.0 Å². The molecule has 2 aliphatic heterocycles. The van der Waals surface area contributed by atoms with Crippen LogP contribution in [0.5, 0.6) is 0 Å². The van der Waals surface area contributed by atoms with Crippen LogP contribution in [0.4, 0.5) is 0 Å². The van der Waals surface area contributed by atoms with E-state index in [0.717, 1.165) is 0 Å². The number of fused-ring (bicyclic) bond motifs is 1. The third-order valence-corrected chi connectivity index (χ3v) is 5.08. The van der Waals surface area contributed by atoms with E-state index in [0.29, 0.717) is 37.3 Å². The number of benzene rings is 1. The summed E-state index contributed by atoms with van der Waals surface area (Å²) in [6.45, 7) is 1.03. The minimum atomic E-state index is -3.60. The second kappa shape index (κ2) is 4.59. The average molecular weight is 294 g/mol. The Bertz CT molecular complexity index is 688. The van der Waals surface area contributed by atoms with Crippen molar-refractivity contribution < 1.29 is 18.3 Å². The summed E-state index contributed by atoms with van der Waals surface area (Å²) < 4.78 is 27.8. The molecule has 1 N–H and O–H groups in total. The van der Waals surface area contributed by atoms with Gasteiger partial charge in [0.15, 0.2) is 5.84 Å². The van der Waals surface area contributed by atoms with Crippen molar-refractivity contribution in [1.82, 2.24) is 4.90 Å². The molecular formula is C13H14N2O4S. The lowest BCUT2D eigenvalue weighted by molar-refractivity contribution is -0.143. The predicted molar refractivity (Wildman–Crippen MR) is 72.1 cm³/mol. The van der Waals surface area contributed by atoms with Gasteiger partial charge in [0.1, 0.15) is 4.90 Å². The average Bonchev–Trinajstić information content (AvgIpc) is 2.72. The molecule has 7 heteroatoms. The molecule has 106 valence electrons. The highest BCUT2D eigenvalue weighted by molar-refractivity contribution is 7.90. The summed E-state index contributed by atoms with van der Waals surface area (Å²) in [4.78, 5) is 13.0. The van der Waals surface area contributed by atoms with Gasteiger partial charge in [-0.15, -0.1) is 4.40 Å². The van der Waals surface area contributed by atoms with E-state index < -0.39 is 16.0 Å². The minimum absolute atomic E-state index is 0.232. The molecule has 0 radical (unpaired) electrons. The van der Waals surface area contributed by atoms with E-state index in [1.54, 1.807) is 24.3 Å². The molecule has 20 heavy (non-hydrogen) atoms. The number of carboxylic acid groups (broad SMARTS) is 1. The van der Waals surface area contributed by atoms with E-state index in [-0.39, 0.29) is 10.8 Å². The summed E-state index contributed by atoms with van der Waals surface area (Å²) >= 11 is 0. The smallest absolute Gasteiger partial charge is 0.306 e. The summed E-state index contributed by atoms with van der Waals surface area (Å²) in [5.41, 5.74) is 0.612. The van der Waals surface area contributed by atoms with Gasteiger partial charge in [0.2, 0.25) is 0 Å². The molecule has 1 aromatic rings. The number of sulfonamides is 1. The van der Waals surface area contributed by atoms with Gasteiger partial charge in [0.05, 0.1) is 5.92 Å². The molecule has 2 heterocycles. The quantitative estimate of drug-likeness (QED) is 0.832. The van der Waals surface area contributed by atoms with E-state index in [1.807, 2.05) is 4.90 Å². The number of rotatable bonds is 1. The number of aliphatic carboxylic acids is 1. The number of nitrogens with zero attached hydrogens (tertiary/aromatic N) is 2. The zero-order valence-corrected chi connectivity index (χ0v) is 11.5. The van der Waals surface area contributed by atoms with Crippen LogP contribution in [0.15, 0.2) is 33.6 Å². The van der Waals surface area contributed by atoms with Crippen LogP contribution in [0.25, 0.3) is 0 Å². The van der Waals surface area contributed by atoms with Crippen LogP contribution in [0, 0.1) is 5.92 Å². The van der Waals surface area contributed by atoms with Gasteiger partial charge in [-0.25, -0.2) is 0 Å². The van der Waals surface area contributed by atoms with E-state index in [4.69, 9.17) is 5.11 Å². The lowest BCUT2D eigenvalue weighted by atomic mass is 9.96. The summed E-state index contributed by atoms with van der Waals surface area (Å²) in [6.07, 6.45) is 1.02. The Labute approximate surface area is 116 Å². The molecule has 1 aromatic carbocycles. The van der Waals surface area contributed by atoms with Gasteiger partial charge >= 0.3 is 5.97 Å². The molecule has 0 amide bonds. The Kier molecular flexibility index (Phi) is 3.01. The van der Waals surface area contributed by atoms with Gasteiger partial charge in [-0.2, -0.15) is 8.42 Å². The molecule has 6 nitrogen and oxygen atoms in total. The highest BCUT2D eigenvalue weighted by atomic mass is 32.2. The lowest BCUT2D eigenvalue weighted by Gasteiger charge is -2.31. The zero-order chi connectivity index (χ0) is 14.3. The second-order valence-corrected chi connectivity index (χ2v) is 6.56. The van der Waals surface area contributed by atoms with Gasteiger partial charge in [-0.05, 0) is 25.0 Å². The van der Waals surface area contributed by atoms with E-state index in [1.165, 1.54) is 0 Å². The first-order valence-corrected chi connectivity index (χ1v) is 7.85. The van der Waals surface area contributed by atoms with E-state index in [2.05, 4.69) is 4.40 Å². The SMILES string of the molecule is O=C(O)C1CCN(C2=NS(=O)(=O)c3ccccc32)CC1. The Hall–Kier alpha value is -1.89. The maximum atomic E-state index is 12.0. The van der Waals surface area contributed by atoms with Crippen LogP contribution in [-0.4, -0.2) is 43.3 Å². The molecule has 1 saturated heterocycles. The molecule has 0 aliphatic carbocycles. The molecule has 1 fully saturated rings. The molecule has 0 atom stereocenters. The van der Waals surface area contributed by atoms with Crippen molar-refractivity contribution in [3.05, 3.63) is 29.8 Å². The molecule has 0 unspecified atom stereocenters. The van der Waals surface area contributed by atoms with Crippen molar-refractivity contribution in [2.24, 2.45) is 10.3 Å². The van der Waals surface area contributed by atoms with E-state index in [9.17, 15) is 13.2 Å². The van der Waals surface area contributed by atoms with Crippen molar-refractivity contribution in [3.8, 4) is 0 Å². The fourth-order valence-corrected chi connectivity index (χ4v) is 3.88. The summed E-state index contributed by atoms with van der Waals surface area (Å²) in [5.74, 6) is -0.685. The van der Waals surface area contributed by atoms with Crippen LogP contribution >= 0.6 is 0 Å². The van der Waals surface area contributed by atoms with Crippen LogP contribution in [0.2, 0.25) is 0 Å². The maximum Gasteiger partial charge on any atom is 0.306 e. The first kappa shape index (κ1) is 13.1.